The van der Waals surface area contributed by atoms with Crippen molar-refractivity contribution in [2.24, 2.45) is 0 Å². The molecule has 6 heteroatoms. The molecule has 0 spiro atoms. The Morgan fingerprint density at radius 1 is 0.371 bits per heavy atom. The number of hydrogen-bond donors (Lipinski definition) is 0. The summed E-state index contributed by atoms with van der Waals surface area (Å²) in [5.41, 5.74) is 12.6. The van der Waals surface area contributed by atoms with Gasteiger partial charge in [-0.2, -0.15) is 0 Å². The van der Waals surface area contributed by atoms with Crippen molar-refractivity contribution in [1.29, 1.82) is 0 Å². The zero-order valence-corrected chi connectivity index (χ0v) is 33.4. The highest BCUT2D eigenvalue weighted by molar-refractivity contribution is 6.24. The molecule has 8 aromatic carbocycles. The van der Waals surface area contributed by atoms with Crippen LogP contribution < -0.4 is 0 Å². The molecule has 0 radical (unpaired) electrons. The van der Waals surface area contributed by atoms with E-state index in [1.165, 1.54) is 0 Å². The third-order valence-corrected chi connectivity index (χ3v) is 11.7. The first-order chi connectivity index (χ1) is 30.8. The largest absolute Gasteiger partial charge is 0.456 e. The molecular weight excluding hydrogens is 759 g/mol. The minimum atomic E-state index is 0.510. The first-order valence-corrected chi connectivity index (χ1v) is 20.7. The van der Waals surface area contributed by atoms with Crippen molar-refractivity contribution in [2.45, 2.75) is 0 Å². The van der Waals surface area contributed by atoms with Crippen molar-refractivity contribution >= 4 is 43.7 Å². The number of pyridine rings is 1. The standard InChI is InChI=1S/C56H35N5O/c1-5-18-36(19-6-1)41-28-17-29-42(37-20-7-2-8-21-37)50(41)40-34-46(55-59-53(38-22-9-3-10-23-38)58-54(60-55)39-24-11-4-12-25-39)56(57-35-40)61-47-30-15-13-26-43(47)44-32-33-49-51(52(44)61)45-27-14-16-31-48(45)62-49/h1-35H. The number of aromatic nitrogens is 5. The van der Waals surface area contributed by atoms with E-state index in [0.717, 1.165) is 93.8 Å². The van der Waals surface area contributed by atoms with E-state index in [1.54, 1.807) is 0 Å². The Labute approximate surface area is 357 Å². The number of fused-ring (bicyclic) bond motifs is 7. The maximum Gasteiger partial charge on any atom is 0.167 e. The molecule has 0 atom stereocenters. The van der Waals surface area contributed by atoms with E-state index in [-0.39, 0.29) is 0 Å². The van der Waals surface area contributed by atoms with Crippen LogP contribution in [-0.2, 0) is 0 Å². The molecule has 0 aliphatic heterocycles. The summed E-state index contributed by atoms with van der Waals surface area (Å²) in [4.78, 5) is 21.3. The predicted octanol–water partition coefficient (Wildman–Crippen LogP) is 14.3. The molecule has 6 nitrogen and oxygen atoms in total. The fourth-order valence-corrected chi connectivity index (χ4v) is 8.93. The van der Waals surface area contributed by atoms with Crippen LogP contribution in [-0.4, -0.2) is 24.5 Å². The third kappa shape index (κ3) is 5.88. The molecular formula is C56H35N5O. The van der Waals surface area contributed by atoms with E-state index in [9.17, 15) is 0 Å². The highest BCUT2D eigenvalue weighted by Crippen LogP contribution is 2.45. The molecule has 4 aromatic heterocycles. The maximum atomic E-state index is 6.51. The SMILES string of the molecule is c1ccc(-c2nc(-c3ccccc3)nc(-c3cc(-c4c(-c5ccccc5)cccc4-c4ccccc4)cnc3-n3c4ccccc4c4ccc5oc6ccccc6c5c43)n2)cc1. The number of furan rings is 1. The van der Waals surface area contributed by atoms with Gasteiger partial charge >= 0.3 is 0 Å². The number of rotatable bonds is 7. The fourth-order valence-electron chi connectivity index (χ4n) is 8.93. The number of hydrogen-bond acceptors (Lipinski definition) is 5. The number of nitrogens with zero attached hydrogens (tertiary/aromatic N) is 5. The molecule has 0 saturated carbocycles. The summed E-state index contributed by atoms with van der Waals surface area (Å²) in [5, 5.41) is 4.27. The Hall–Kier alpha value is -8.48. The first kappa shape index (κ1) is 35.5. The lowest BCUT2D eigenvalue weighted by Crippen LogP contribution is -2.06. The first-order valence-electron chi connectivity index (χ1n) is 20.7. The lowest BCUT2D eigenvalue weighted by molar-refractivity contribution is 0.669. The van der Waals surface area contributed by atoms with Gasteiger partial charge in [0.2, 0.25) is 0 Å². The van der Waals surface area contributed by atoms with Gasteiger partial charge in [0.15, 0.2) is 17.5 Å². The van der Waals surface area contributed by atoms with Crippen LogP contribution in [0.25, 0.3) is 117 Å². The predicted molar refractivity (Wildman–Crippen MR) is 252 cm³/mol. The van der Waals surface area contributed by atoms with Crippen molar-refractivity contribution in [3.05, 3.63) is 212 Å². The van der Waals surface area contributed by atoms with Crippen LogP contribution in [0.1, 0.15) is 0 Å². The Balaban J connectivity index is 1.23. The van der Waals surface area contributed by atoms with Gasteiger partial charge in [0.05, 0.1) is 22.0 Å². The molecule has 0 unspecified atom stereocenters. The van der Waals surface area contributed by atoms with E-state index in [1.807, 2.05) is 79.0 Å². The molecule has 0 amide bonds. The van der Waals surface area contributed by atoms with Crippen molar-refractivity contribution in [2.75, 3.05) is 0 Å². The van der Waals surface area contributed by atoms with Gasteiger partial charge in [-0.1, -0.05) is 176 Å². The summed E-state index contributed by atoms with van der Waals surface area (Å²) in [7, 11) is 0. The topological polar surface area (TPSA) is 69.6 Å². The average molecular weight is 794 g/mol. The smallest absolute Gasteiger partial charge is 0.167 e. The van der Waals surface area contributed by atoms with Crippen LogP contribution in [0.3, 0.4) is 0 Å². The summed E-state index contributed by atoms with van der Waals surface area (Å²) in [6.07, 6.45) is 2.01. The highest BCUT2D eigenvalue weighted by Gasteiger charge is 2.25. The maximum absolute atomic E-state index is 6.51. The molecule has 0 bridgehead atoms. The number of benzene rings is 8. The average Bonchev–Trinajstić information content (AvgIpc) is 3.90. The molecule has 12 aromatic rings. The third-order valence-electron chi connectivity index (χ3n) is 11.7. The summed E-state index contributed by atoms with van der Waals surface area (Å²) < 4.78 is 8.79. The summed E-state index contributed by atoms with van der Waals surface area (Å²) in [5.74, 6) is 2.35. The molecule has 0 aliphatic carbocycles. The van der Waals surface area contributed by atoms with E-state index in [2.05, 4.69) is 138 Å². The molecule has 4 heterocycles. The molecule has 0 saturated heterocycles. The van der Waals surface area contributed by atoms with Gasteiger partial charge in [0, 0.05) is 39.0 Å². The minimum absolute atomic E-state index is 0.510. The zero-order chi connectivity index (χ0) is 41.0. The lowest BCUT2D eigenvalue weighted by atomic mass is 9.88. The van der Waals surface area contributed by atoms with Crippen LogP contribution in [0.2, 0.25) is 0 Å². The van der Waals surface area contributed by atoms with E-state index in [4.69, 9.17) is 24.4 Å². The van der Waals surface area contributed by atoms with Gasteiger partial charge in [-0.3, -0.25) is 4.57 Å². The van der Waals surface area contributed by atoms with Gasteiger partial charge in [-0.25, -0.2) is 19.9 Å². The van der Waals surface area contributed by atoms with Crippen molar-refractivity contribution in [3.63, 3.8) is 0 Å². The van der Waals surface area contributed by atoms with E-state index >= 15 is 0 Å². The highest BCUT2D eigenvalue weighted by atomic mass is 16.3. The van der Waals surface area contributed by atoms with Crippen molar-refractivity contribution < 1.29 is 4.42 Å². The second kappa shape index (κ2) is 14.7. The van der Waals surface area contributed by atoms with Gasteiger partial charge in [-0.05, 0) is 58.1 Å². The van der Waals surface area contributed by atoms with Crippen LogP contribution in [0.5, 0.6) is 0 Å². The van der Waals surface area contributed by atoms with Crippen LogP contribution >= 0.6 is 0 Å². The summed E-state index contributed by atoms with van der Waals surface area (Å²) in [6.45, 7) is 0. The monoisotopic (exact) mass is 793 g/mol. The quantitative estimate of drug-likeness (QED) is 0.161. The van der Waals surface area contributed by atoms with Crippen LogP contribution in [0.4, 0.5) is 0 Å². The normalized spacial score (nSPS) is 11.5. The van der Waals surface area contributed by atoms with Gasteiger partial charge in [0.1, 0.15) is 17.0 Å². The van der Waals surface area contributed by atoms with E-state index in [0.29, 0.717) is 23.3 Å². The summed E-state index contributed by atoms with van der Waals surface area (Å²) >= 11 is 0. The van der Waals surface area contributed by atoms with Crippen molar-refractivity contribution in [1.82, 2.24) is 24.5 Å². The van der Waals surface area contributed by atoms with Crippen LogP contribution in [0.15, 0.2) is 217 Å². The molecule has 12 rings (SSSR count). The van der Waals surface area contributed by atoms with Gasteiger partial charge < -0.3 is 4.42 Å². The van der Waals surface area contributed by atoms with Crippen LogP contribution in [0, 0.1) is 0 Å². The Bertz CT molecular complexity index is 3500. The lowest BCUT2D eigenvalue weighted by Gasteiger charge is -2.19. The molecule has 0 aliphatic rings. The Morgan fingerprint density at radius 3 is 1.53 bits per heavy atom. The fraction of sp³-hybridized carbons (Fsp3) is 0. The second-order valence-corrected chi connectivity index (χ2v) is 15.4. The van der Waals surface area contributed by atoms with Gasteiger partial charge in [0.25, 0.3) is 0 Å². The molecule has 0 fully saturated rings. The Morgan fingerprint density at radius 2 is 0.903 bits per heavy atom. The molecule has 62 heavy (non-hydrogen) atoms. The summed E-state index contributed by atoms with van der Waals surface area (Å²) in [6, 6.07) is 71.1. The molecule has 290 valence electrons. The number of para-hydroxylation sites is 2. The van der Waals surface area contributed by atoms with Gasteiger partial charge in [-0.15, -0.1) is 0 Å². The van der Waals surface area contributed by atoms with E-state index < -0.39 is 0 Å². The molecule has 0 N–H and O–H groups in total. The Kier molecular flexibility index (Phi) is 8.38. The second-order valence-electron chi connectivity index (χ2n) is 15.4. The minimum Gasteiger partial charge on any atom is -0.456 e. The van der Waals surface area contributed by atoms with Crippen molar-refractivity contribution in [3.8, 4) is 73.4 Å². The zero-order valence-electron chi connectivity index (χ0n) is 33.4.